The van der Waals surface area contributed by atoms with Crippen molar-refractivity contribution in [3.05, 3.63) is 26.7 Å². The second kappa shape index (κ2) is 2.83. The van der Waals surface area contributed by atoms with Gasteiger partial charge < -0.3 is 15.8 Å². The number of aromatic nitrogens is 1. The van der Waals surface area contributed by atoms with Gasteiger partial charge in [0, 0.05) is 6.07 Å². The van der Waals surface area contributed by atoms with E-state index in [9.17, 15) is 10.1 Å². The number of nitro groups is 1. The van der Waals surface area contributed by atoms with Crippen molar-refractivity contribution in [2.75, 3.05) is 5.73 Å². The van der Waals surface area contributed by atoms with Crippen LogP contribution in [0.25, 0.3) is 0 Å². The van der Waals surface area contributed by atoms with Crippen LogP contribution in [0.15, 0.2) is 16.6 Å². The summed E-state index contributed by atoms with van der Waals surface area (Å²) in [6.45, 7) is 0. The minimum absolute atomic E-state index is 0.139. The van der Waals surface area contributed by atoms with Gasteiger partial charge in [0.25, 0.3) is 0 Å². The van der Waals surface area contributed by atoms with E-state index in [1.54, 1.807) is 0 Å². The van der Waals surface area contributed by atoms with Crippen LogP contribution in [0, 0.1) is 10.1 Å². The molecule has 0 unspecified atom stereocenters. The molecule has 0 spiro atoms. The molecule has 1 aromatic rings. The summed E-state index contributed by atoms with van der Waals surface area (Å²) in [6.07, 6.45) is 0. The van der Waals surface area contributed by atoms with E-state index in [1.165, 1.54) is 12.1 Å². The quantitative estimate of drug-likeness (QED) is 0.569. The molecule has 0 aliphatic rings. The summed E-state index contributed by atoms with van der Waals surface area (Å²) in [5.74, 6) is -0.120. The van der Waals surface area contributed by atoms with Gasteiger partial charge in [0.2, 0.25) is 5.82 Å². The Kier molecular flexibility index (Phi) is 2.04. The second-order valence-corrected chi connectivity index (χ2v) is 2.65. The number of nitrogens with two attached hydrogens (primary N) is 1. The van der Waals surface area contributed by atoms with E-state index < -0.39 is 4.92 Å². The van der Waals surface area contributed by atoms with E-state index >= 15 is 0 Å². The lowest BCUT2D eigenvalue weighted by Gasteiger charge is -1.93. The van der Waals surface area contributed by atoms with Gasteiger partial charge in [-0.05, 0) is 31.9 Å². The van der Waals surface area contributed by atoms with E-state index in [4.69, 9.17) is 5.73 Å². The molecule has 0 amide bonds. The van der Waals surface area contributed by atoms with Crippen LogP contribution in [-0.2, 0) is 0 Å². The summed E-state index contributed by atoms with van der Waals surface area (Å²) >= 11 is 2.97. The Hall–Kier alpha value is -1.17. The fourth-order valence-electron chi connectivity index (χ4n) is 0.574. The maximum Gasteiger partial charge on any atom is 0.380 e. The Morgan fingerprint density at radius 2 is 2.27 bits per heavy atom. The Morgan fingerprint density at radius 3 is 2.73 bits per heavy atom. The fraction of sp³-hybridized carbons (Fsp3) is 0. The van der Waals surface area contributed by atoms with Crippen LogP contribution in [0.5, 0.6) is 0 Å². The monoisotopic (exact) mass is 217 g/mol. The van der Waals surface area contributed by atoms with Gasteiger partial charge >= 0.3 is 5.82 Å². The Morgan fingerprint density at radius 1 is 1.64 bits per heavy atom. The zero-order chi connectivity index (χ0) is 8.43. The van der Waals surface area contributed by atoms with E-state index in [1.807, 2.05) is 0 Å². The molecule has 0 saturated heterocycles. The highest BCUT2D eigenvalue weighted by Gasteiger charge is 2.13. The molecule has 1 heterocycles. The molecule has 0 radical (unpaired) electrons. The van der Waals surface area contributed by atoms with Crippen LogP contribution in [0.4, 0.5) is 11.6 Å². The van der Waals surface area contributed by atoms with Crippen LogP contribution in [-0.4, -0.2) is 9.91 Å². The lowest BCUT2D eigenvalue weighted by Crippen LogP contribution is -1.96. The summed E-state index contributed by atoms with van der Waals surface area (Å²) in [5.41, 5.74) is 5.23. The van der Waals surface area contributed by atoms with Crippen molar-refractivity contribution in [2.45, 2.75) is 0 Å². The van der Waals surface area contributed by atoms with E-state index in [0.717, 1.165) is 0 Å². The number of pyridine rings is 1. The van der Waals surface area contributed by atoms with Gasteiger partial charge in [-0.2, -0.15) is 0 Å². The average Bonchev–Trinajstić information content (AvgIpc) is 1.94. The molecule has 0 aliphatic heterocycles. The first-order valence-electron chi connectivity index (χ1n) is 2.67. The Balaban J connectivity index is 3.23. The molecule has 6 heteroatoms. The van der Waals surface area contributed by atoms with Crippen molar-refractivity contribution >= 4 is 27.6 Å². The minimum atomic E-state index is -0.597. The van der Waals surface area contributed by atoms with Crippen LogP contribution in [0.1, 0.15) is 0 Å². The van der Waals surface area contributed by atoms with Gasteiger partial charge in [-0.15, -0.1) is 0 Å². The largest absolute Gasteiger partial charge is 0.380 e. The molecular weight excluding hydrogens is 214 g/mol. The summed E-state index contributed by atoms with van der Waals surface area (Å²) in [5, 5.41) is 10.2. The number of anilines is 1. The highest BCUT2D eigenvalue weighted by atomic mass is 79.9. The van der Waals surface area contributed by atoms with Crippen molar-refractivity contribution in [1.29, 1.82) is 0 Å². The molecule has 0 atom stereocenters. The first kappa shape index (κ1) is 7.93. The molecule has 5 nitrogen and oxygen atoms in total. The van der Waals surface area contributed by atoms with Crippen LogP contribution in [0.3, 0.4) is 0 Å². The highest BCUT2D eigenvalue weighted by Crippen LogP contribution is 2.22. The molecule has 58 valence electrons. The minimum Gasteiger partial charge on any atom is -0.363 e. The standard InChI is InChI=1S/C5H4BrN3O2/c6-3-1-2-4(7)8-5(3)9(10)11/h1-2H,(H2,7,8). The summed E-state index contributed by atoms with van der Waals surface area (Å²) in [6, 6.07) is 2.97. The number of nitrogens with zero attached hydrogens (tertiary/aromatic N) is 2. The molecule has 0 aromatic carbocycles. The first-order chi connectivity index (χ1) is 5.11. The third-order valence-electron chi connectivity index (χ3n) is 1.02. The predicted molar refractivity (Wildman–Crippen MR) is 43.0 cm³/mol. The van der Waals surface area contributed by atoms with Crippen molar-refractivity contribution in [3.8, 4) is 0 Å². The molecule has 1 aromatic heterocycles. The number of rotatable bonds is 1. The Bertz CT molecular complexity index is 302. The molecule has 11 heavy (non-hydrogen) atoms. The van der Waals surface area contributed by atoms with Gasteiger partial charge in [0.05, 0.1) is 0 Å². The summed E-state index contributed by atoms with van der Waals surface area (Å²) in [4.78, 5) is 13.1. The topological polar surface area (TPSA) is 82.0 Å². The molecule has 0 bridgehead atoms. The maximum atomic E-state index is 10.2. The lowest BCUT2D eigenvalue weighted by molar-refractivity contribution is -0.390. The molecule has 0 fully saturated rings. The van der Waals surface area contributed by atoms with E-state index in [-0.39, 0.29) is 11.6 Å². The number of hydrogen-bond acceptors (Lipinski definition) is 4. The number of halogens is 1. The highest BCUT2D eigenvalue weighted by molar-refractivity contribution is 9.10. The van der Waals surface area contributed by atoms with Crippen molar-refractivity contribution in [2.24, 2.45) is 0 Å². The van der Waals surface area contributed by atoms with Gasteiger partial charge in [0.1, 0.15) is 4.47 Å². The Labute approximate surface area is 70.5 Å². The smallest absolute Gasteiger partial charge is 0.363 e. The lowest BCUT2D eigenvalue weighted by atomic mass is 10.4. The summed E-state index contributed by atoms with van der Waals surface area (Å²) in [7, 11) is 0. The molecule has 0 saturated carbocycles. The first-order valence-corrected chi connectivity index (χ1v) is 3.47. The maximum absolute atomic E-state index is 10.2. The zero-order valence-corrected chi connectivity index (χ0v) is 6.91. The van der Waals surface area contributed by atoms with Crippen molar-refractivity contribution in [3.63, 3.8) is 0 Å². The van der Waals surface area contributed by atoms with E-state index in [0.29, 0.717) is 4.47 Å². The van der Waals surface area contributed by atoms with Crippen LogP contribution in [0.2, 0.25) is 0 Å². The number of nitrogen functional groups attached to an aromatic ring is 1. The second-order valence-electron chi connectivity index (χ2n) is 1.80. The van der Waals surface area contributed by atoms with Crippen molar-refractivity contribution < 1.29 is 4.92 Å². The third-order valence-corrected chi connectivity index (χ3v) is 1.64. The number of hydrogen-bond donors (Lipinski definition) is 1. The van der Waals surface area contributed by atoms with Gasteiger partial charge in [-0.3, -0.25) is 0 Å². The molecular formula is C5H4BrN3O2. The van der Waals surface area contributed by atoms with E-state index in [2.05, 4.69) is 20.9 Å². The molecule has 1 rings (SSSR count). The van der Waals surface area contributed by atoms with Crippen LogP contribution >= 0.6 is 15.9 Å². The average molecular weight is 218 g/mol. The molecule has 2 N–H and O–H groups in total. The normalized spacial score (nSPS) is 9.55. The third kappa shape index (κ3) is 1.64. The molecule has 0 aliphatic carbocycles. The van der Waals surface area contributed by atoms with Gasteiger partial charge in [0.15, 0.2) is 0 Å². The SMILES string of the molecule is Nc1ccc(Br)c([N+](=O)[O-])n1. The zero-order valence-electron chi connectivity index (χ0n) is 5.32. The van der Waals surface area contributed by atoms with Gasteiger partial charge in [-0.1, -0.05) is 0 Å². The summed E-state index contributed by atoms with van der Waals surface area (Å²) < 4.78 is 0.330. The van der Waals surface area contributed by atoms with Gasteiger partial charge in [-0.25, -0.2) is 0 Å². The van der Waals surface area contributed by atoms with Crippen LogP contribution < -0.4 is 5.73 Å². The van der Waals surface area contributed by atoms with Crippen molar-refractivity contribution in [1.82, 2.24) is 4.98 Å². The predicted octanol–water partition coefficient (Wildman–Crippen LogP) is 1.33. The fourth-order valence-corrected chi connectivity index (χ4v) is 0.940.